The van der Waals surface area contributed by atoms with Gasteiger partial charge in [0, 0.05) is 25.2 Å². The highest BCUT2D eigenvalue weighted by atomic mass is 16.3. The molecule has 1 heterocycles. The van der Waals surface area contributed by atoms with Crippen LogP contribution in [-0.4, -0.2) is 36.2 Å². The van der Waals surface area contributed by atoms with Crippen LogP contribution in [0.3, 0.4) is 0 Å². The Bertz CT molecular complexity index is 628. The molecule has 2 rings (SSSR count). The molecule has 0 radical (unpaired) electrons. The van der Waals surface area contributed by atoms with Gasteiger partial charge in [0.25, 0.3) is 0 Å². The predicted molar refractivity (Wildman–Crippen MR) is 93.4 cm³/mol. The minimum absolute atomic E-state index is 0.0341. The first kappa shape index (κ1) is 17.0. The van der Waals surface area contributed by atoms with Gasteiger partial charge < -0.3 is 15.7 Å². The Hall–Kier alpha value is -2.40. The molecule has 0 spiro atoms. The number of nitrogens with one attached hydrogen (secondary N) is 2. The average Bonchev–Trinajstić information content (AvgIpc) is 2.59. The molecule has 122 valence electrons. The number of benzene rings is 1. The molecule has 0 aliphatic rings. The van der Waals surface area contributed by atoms with Gasteiger partial charge in [-0.25, -0.2) is 0 Å². The lowest BCUT2D eigenvalue weighted by Crippen LogP contribution is -2.39. The summed E-state index contributed by atoms with van der Waals surface area (Å²) >= 11 is 0. The molecule has 2 aromatic rings. The Morgan fingerprint density at radius 1 is 1.13 bits per heavy atom. The van der Waals surface area contributed by atoms with E-state index in [2.05, 4.69) is 20.6 Å². The zero-order chi connectivity index (χ0) is 16.5. The molecule has 0 aliphatic heterocycles. The smallest absolute Gasteiger partial charge is 0.191 e. The molecule has 0 saturated carbocycles. The van der Waals surface area contributed by atoms with E-state index in [1.165, 1.54) is 0 Å². The fourth-order valence-corrected chi connectivity index (χ4v) is 2.33. The number of aromatic nitrogens is 1. The highest BCUT2D eigenvalue weighted by molar-refractivity contribution is 5.79. The normalized spacial score (nSPS) is 12.7. The first-order valence-corrected chi connectivity index (χ1v) is 7.75. The SMILES string of the molecule is CN=C(NCc1cccc(C)n1)NCC(CO)c1ccccc1. The van der Waals surface area contributed by atoms with Crippen molar-refractivity contribution in [2.75, 3.05) is 20.2 Å². The minimum Gasteiger partial charge on any atom is -0.396 e. The van der Waals surface area contributed by atoms with Crippen molar-refractivity contribution in [2.45, 2.75) is 19.4 Å². The summed E-state index contributed by atoms with van der Waals surface area (Å²) in [4.78, 5) is 8.66. The average molecular weight is 312 g/mol. The van der Waals surface area contributed by atoms with Gasteiger partial charge in [0.2, 0.25) is 0 Å². The molecule has 1 aromatic carbocycles. The van der Waals surface area contributed by atoms with Gasteiger partial charge in [0.1, 0.15) is 0 Å². The van der Waals surface area contributed by atoms with Crippen molar-refractivity contribution in [3.8, 4) is 0 Å². The maximum absolute atomic E-state index is 9.59. The third-order valence-corrected chi connectivity index (χ3v) is 3.61. The second-order valence-corrected chi connectivity index (χ2v) is 5.37. The highest BCUT2D eigenvalue weighted by Crippen LogP contribution is 2.13. The number of nitrogens with zero attached hydrogens (tertiary/aromatic N) is 2. The summed E-state index contributed by atoms with van der Waals surface area (Å²) in [6.45, 7) is 3.29. The molecular weight excluding hydrogens is 288 g/mol. The van der Waals surface area contributed by atoms with Crippen LogP contribution in [0.2, 0.25) is 0 Å². The van der Waals surface area contributed by atoms with Gasteiger partial charge in [-0.2, -0.15) is 0 Å². The molecular formula is C18H24N4O. The molecule has 0 fully saturated rings. The van der Waals surface area contributed by atoms with Crippen LogP contribution in [-0.2, 0) is 6.54 Å². The molecule has 0 bridgehead atoms. The minimum atomic E-state index is 0.0341. The zero-order valence-corrected chi connectivity index (χ0v) is 13.7. The summed E-state index contributed by atoms with van der Waals surface area (Å²) in [6.07, 6.45) is 0. The molecule has 5 nitrogen and oxygen atoms in total. The van der Waals surface area contributed by atoms with Gasteiger partial charge in [0.15, 0.2) is 5.96 Å². The Kier molecular flexibility index (Phi) is 6.56. The number of hydrogen-bond acceptors (Lipinski definition) is 3. The number of rotatable bonds is 6. The van der Waals surface area contributed by atoms with Gasteiger partial charge in [-0.05, 0) is 24.6 Å². The zero-order valence-electron chi connectivity index (χ0n) is 13.7. The maximum Gasteiger partial charge on any atom is 0.191 e. The van der Waals surface area contributed by atoms with Crippen LogP contribution in [0.5, 0.6) is 0 Å². The monoisotopic (exact) mass is 312 g/mol. The fraction of sp³-hybridized carbons (Fsp3) is 0.333. The first-order valence-electron chi connectivity index (χ1n) is 7.75. The standard InChI is InChI=1S/C18H24N4O/c1-14-7-6-10-17(22-14)12-21-18(19-2)20-11-16(13-23)15-8-4-3-5-9-15/h3-10,16,23H,11-13H2,1-2H3,(H2,19,20,21). The van der Waals surface area contributed by atoms with E-state index in [9.17, 15) is 5.11 Å². The third kappa shape index (κ3) is 5.38. The summed E-state index contributed by atoms with van der Waals surface area (Å²) in [7, 11) is 1.73. The Labute approximate surface area is 137 Å². The van der Waals surface area contributed by atoms with E-state index in [0.29, 0.717) is 19.0 Å². The van der Waals surface area contributed by atoms with E-state index in [4.69, 9.17) is 0 Å². The van der Waals surface area contributed by atoms with Crippen LogP contribution in [0.4, 0.5) is 0 Å². The number of aliphatic hydroxyl groups excluding tert-OH is 1. The predicted octanol–water partition coefficient (Wildman–Crippen LogP) is 1.83. The van der Waals surface area contributed by atoms with Gasteiger partial charge in [0.05, 0.1) is 18.8 Å². The van der Waals surface area contributed by atoms with Gasteiger partial charge in [-0.15, -0.1) is 0 Å². The fourth-order valence-electron chi connectivity index (χ4n) is 2.33. The second-order valence-electron chi connectivity index (χ2n) is 5.37. The quantitative estimate of drug-likeness (QED) is 0.562. The van der Waals surface area contributed by atoms with E-state index in [1.807, 2.05) is 55.5 Å². The lowest BCUT2D eigenvalue weighted by atomic mass is 10.0. The van der Waals surface area contributed by atoms with E-state index in [1.54, 1.807) is 7.05 Å². The van der Waals surface area contributed by atoms with Crippen molar-refractivity contribution >= 4 is 5.96 Å². The summed E-state index contributed by atoms with van der Waals surface area (Å²) in [5, 5.41) is 16.1. The number of hydrogen-bond donors (Lipinski definition) is 3. The van der Waals surface area contributed by atoms with Gasteiger partial charge >= 0.3 is 0 Å². The molecule has 0 aliphatic carbocycles. The summed E-state index contributed by atoms with van der Waals surface area (Å²) < 4.78 is 0. The van der Waals surface area contributed by atoms with E-state index in [0.717, 1.165) is 17.0 Å². The Morgan fingerprint density at radius 2 is 1.91 bits per heavy atom. The van der Waals surface area contributed by atoms with Crippen LogP contribution in [0, 0.1) is 6.92 Å². The molecule has 1 aromatic heterocycles. The maximum atomic E-state index is 9.59. The van der Waals surface area contributed by atoms with E-state index in [-0.39, 0.29) is 12.5 Å². The van der Waals surface area contributed by atoms with Crippen molar-refractivity contribution in [3.63, 3.8) is 0 Å². The van der Waals surface area contributed by atoms with Crippen molar-refractivity contribution in [1.82, 2.24) is 15.6 Å². The number of aryl methyl sites for hydroxylation is 1. The van der Waals surface area contributed by atoms with Crippen LogP contribution >= 0.6 is 0 Å². The third-order valence-electron chi connectivity index (χ3n) is 3.61. The number of guanidine groups is 1. The molecule has 0 saturated heterocycles. The number of aliphatic hydroxyl groups is 1. The van der Waals surface area contributed by atoms with Crippen molar-refractivity contribution < 1.29 is 5.11 Å². The van der Waals surface area contributed by atoms with Crippen molar-refractivity contribution in [1.29, 1.82) is 0 Å². The molecule has 23 heavy (non-hydrogen) atoms. The first-order chi connectivity index (χ1) is 11.2. The summed E-state index contributed by atoms with van der Waals surface area (Å²) in [6, 6.07) is 15.9. The lowest BCUT2D eigenvalue weighted by Gasteiger charge is -2.18. The van der Waals surface area contributed by atoms with Crippen LogP contribution in [0.15, 0.2) is 53.5 Å². The molecule has 0 amide bonds. The number of aliphatic imine (C=N–C) groups is 1. The molecule has 5 heteroatoms. The van der Waals surface area contributed by atoms with Crippen molar-refractivity contribution in [2.24, 2.45) is 4.99 Å². The number of pyridine rings is 1. The summed E-state index contributed by atoms with van der Waals surface area (Å²) in [5.41, 5.74) is 3.07. The van der Waals surface area contributed by atoms with Crippen LogP contribution in [0.25, 0.3) is 0 Å². The molecule has 1 atom stereocenters. The largest absolute Gasteiger partial charge is 0.396 e. The topological polar surface area (TPSA) is 69.5 Å². The highest BCUT2D eigenvalue weighted by Gasteiger charge is 2.10. The Balaban J connectivity index is 1.87. The van der Waals surface area contributed by atoms with E-state index >= 15 is 0 Å². The molecule has 3 N–H and O–H groups in total. The molecule has 1 unspecified atom stereocenters. The van der Waals surface area contributed by atoms with E-state index < -0.39 is 0 Å². The summed E-state index contributed by atoms with van der Waals surface area (Å²) in [5.74, 6) is 0.731. The van der Waals surface area contributed by atoms with Gasteiger partial charge in [-0.1, -0.05) is 36.4 Å². The Morgan fingerprint density at radius 3 is 2.57 bits per heavy atom. The van der Waals surface area contributed by atoms with Crippen molar-refractivity contribution in [3.05, 3.63) is 65.5 Å². The van der Waals surface area contributed by atoms with Gasteiger partial charge in [-0.3, -0.25) is 9.98 Å². The second kappa shape index (κ2) is 8.90. The van der Waals surface area contributed by atoms with Crippen LogP contribution < -0.4 is 10.6 Å². The van der Waals surface area contributed by atoms with Crippen LogP contribution in [0.1, 0.15) is 22.9 Å². The lowest BCUT2D eigenvalue weighted by molar-refractivity contribution is 0.265.